The van der Waals surface area contributed by atoms with Gasteiger partial charge in [-0.05, 0) is 24.1 Å². The third-order valence-electron chi connectivity index (χ3n) is 4.21. The zero-order valence-corrected chi connectivity index (χ0v) is 14.2. The van der Waals surface area contributed by atoms with Crippen molar-refractivity contribution in [3.63, 3.8) is 0 Å². The van der Waals surface area contributed by atoms with E-state index in [1.807, 2.05) is 12.1 Å². The summed E-state index contributed by atoms with van der Waals surface area (Å²) in [6, 6.07) is 15.8. The first-order valence-corrected chi connectivity index (χ1v) is 9.74. The molecule has 0 saturated carbocycles. The number of rotatable bonds is 3. The first kappa shape index (κ1) is 14.8. The molecule has 3 rings (SSSR count). The Morgan fingerprint density at radius 3 is 2.48 bits per heavy atom. The van der Waals surface area contributed by atoms with Gasteiger partial charge >= 0.3 is 0 Å². The quantitative estimate of drug-likeness (QED) is 0.770. The van der Waals surface area contributed by atoms with Crippen LogP contribution < -0.4 is 0 Å². The van der Waals surface area contributed by atoms with Crippen molar-refractivity contribution >= 4 is 25.8 Å². The molecule has 0 radical (unpaired) electrons. The van der Waals surface area contributed by atoms with E-state index in [-0.39, 0.29) is 17.6 Å². The molecule has 0 aromatic heterocycles. The molecular weight excluding hydrogens is 348 g/mol. The number of aryl methyl sites for hydroxylation is 1. The summed E-state index contributed by atoms with van der Waals surface area (Å²) in [6.45, 7) is 2.06. The van der Waals surface area contributed by atoms with E-state index in [0.29, 0.717) is 4.90 Å². The second kappa shape index (κ2) is 5.58. The summed E-state index contributed by atoms with van der Waals surface area (Å²) >= 11 is 3.58. The maximum absolute atomic E-state index is 12.4. The maximum Gasteiger partial charge on any atom is 0.179 e. The zero-order valence-electron chi connectivity index (χ0n) is 11.8. The molecular formula is C17H17BrO2S. The van der Waals surface area contributed by atoms with Gasteiger partial charge in [-0.15, -0.1) is 0 Å². The smallest absolute Gasteiger partial charge is 0.179 e. The van der Waals surface area contributed by atoms with Gasteiger partial charge in [0.2, 0.25) is 0 Å². The van der Waals surface area contributed by atoms with Crippen molar-refractivity contribution < 1.29 is 8.42 Å². The highest BCUT2D eigenvalue weighted by molar-refractivity contribution is 9.09. The van der Waals surface area contributed by atoms with Gasteiger partial charge < -0.3 is 0 Å². The molecule has 2 aromatic carbocycles. The van der Waals surface area contributed by atoms with Gasteiger partial charge in [-0.1, -0.05) is 64.0 Å². The average molecular weight is 365 g/mol. The van der Waals surface area contributed by atoms with E-state index in [1.54, 1.807) is 12.1 Å². The average Bonchev–Trinajstić information content (AvgIpc) is 2.74. The molecule has 21 heavy (non-hydrogen) atoms. The van der Waals surface area contributed by atoms with Crippen LogP contribution >= 0.6 is 15.9 Å². The summed E-state index contributed by atoms with van der Waals surface area (Å²) in [5.74, 6) is 0.397. The molecule has 110 valence electrons. The van der Waals surface area contributed by atoms with E-state index in [2.05, 4.69) is 47.1 Å². The van der Waals surface area contributed by atoms with Gasteiger partial charge in [-0.25, -0.2) is 8.42 Å². The highest BCUT2D eigenvalue weighted by Gasteiger charge is 2.38. The predicted octanol–water partition coefficient (Wildman–Crippen LogP) is 4.04. The van der Waals surface area contributed by atoms with Gasteiger partial charge in [0.05, 0.1) is 10.6 Å². The van der Waals surface area contributed by atoms with Crippen LogP contribution in [0.4, 0.5) is 0 Å². The minimum Gasteiger partial charge on any atom is -0.224 e. The van der Waals surface area contributed by atoms with Crippen LogP contribution in [0.2, 0.25) is 0 Å². The SMILES string of the molecule is Cc1ccc(C(CBr)C2CS(=O)(=O)c3ccccc32)cc1. The monoisotopic (exact) mass is 364 g/mol. The minimum absolute atomic E-state index is 0.0216. The first-order valence-electron chi connectivity index (χ1n) is 6.97. The van der Waals surface area contributed by atoms with Crippen LogP contribution in [0.1, 0.15) is 28.5 Å². The summed E-state index contributed by atoms with van der Waals surface area (Å²) in [6.07, 6.45) is 0. The Morgan fingerprint density at radius 1 is 1.14 bits per heavy atom. The molecule has 4 heteroatoms. The molecule has 2 atom stereocenters. The molecule has 0 bridgehead atoms. The van der Waals surface area contributed by atoms with Crippen LogP contribution in [0.3, 0.4) is 0 Å². The Labute approximate surface area is 134 Å². The third kappa shape index (κ3) is 2.67. The predicted molar refractivity (Wildman–Crippen MR) is 88.9 cm³/mol. The van der Waals surface area contributed by atoms with Gasteiger partial charge in [0, 0.05) is 17.2 Å². The molecule has 2 nitrogen and oxygen atoms in total. The van der Waals surface area contributed by atoms with Crippen molar-refractivity contribution in [2.75, 3.05) is 11.1 Å². The Bertz CT molecular complexity index is 751. The summed E-state index contributed by atoms with van der Waals surface area (Å²) < 4.78 is 24.7. The van der Waals surface area contributed by atoms with Gasteiger partial charge in [0.15, 0.2) is 9.84 Å². The Morgan fingerprint density at radius 2 is 1.81 bits per heavy atom. The Hall–Kier alpha value is -1.13. The number of sulfone groups is 1. The van der Waals surface area contributed by atoms with Crippen LogP contribution in [0.15, 0.2) is 53.4 Å². The molecule has 0 fully saturated rings. The topological polar surface area (TPSA) is 34.1 Å². The largest absolute Gasteiger partial charge is 0.224 e. The minimum atomic E-state index is -3.15. The molecule has 0 N–H and O–H groups in total. The van der Waals surface area contributed by atoms with Crippen molar-refractivity contribution in [2.24, 2.45) is 0 Å². The molecule has 2 unspecified atom stereocenters. The highest BCUT2D eigenvalue weighted by atomic mass is 79.9. The Balaban J connectivity index is 2.05. The molecule has 1 heterocycles. The fraction of sp³-hybridized carbons (Fsp3) is 0.294. The van der Waals surface area contributed by atoms with E-state index < -0.39 is 9.84 Å². The molecule has 2 aromatic rings. The molecule has 0 amide bonds. The number of alkyl halides is 1. The summed E-state index contributed by atoms with van der Waals surface area (Å²) in [5, 5.41) is 0.755. The van der Waals surface area contributed by atoms with Crippen LogP contribution in [0, 0.1) is 6.92 Å². The lowest BCUT2D eigenvalue weighted by Crippen LogP contribution is -2.15. The third-order valence-corrected chi connectivity index (χ3v) is 6.75. The number of halogens is 1. The lowest BCUT2D eigenvalue weighted by atomic mass is 9.84. The van der Waals surface area contributed by atoms with Gasteiger partial charge in [0.25, 0.3) is 0 Å². The van der Waals surface area contributed by atoms with E-state index in [4.69, 9.17) is 0 Å². The summed E-state index contributed by atoms with van der Waals surface area (Å²) in [5.41, 5.74) is 3.36. The fourth-order valence-electron chi connectivity index (χ4n) is 3.06. The molecule has 0 saturated heterocycles. The lowest BCUT2D eigenvalue weighted by Gasteiger charge is -2.22. The lowest BCUT2D eigenvalue weighted by molar-refractivity contribution is 0.589. The van der Waals surface area contributed by atoms with Gasteiger partial charge in [0.1, 0.15) is 0 Å². The zero-order chi connectivity index (χ0) is 15.0. The van der Waals surface area contributed by atoms with Crippen LogP contribution in [0.5, 0.6) is 0 Å². The number of hydrogen-bond donors (Lipinski definition) is 0. The first-order chi connectivity index (χ1) is 10.0. The van der Waals surface area contributed by atoms with Gasteiger partial charge in [-0.3, -0.25) is 0 Å². The fourth-order valence-corrected chi connectivity index (χ4v) is 5.82. The van der Waals surface area contributed by atoms with Crippen molar-refractivity contribution in [1.29, 1.82) is 0 Å². The molecule has 1 aliphatic heterocycles. The van der Waals surface area contributed by atoms with Crippen molar-refractivity contribution in [3.05, 3.63) is 65.2 Å². The summed E-state index contributed by atoms with van der Waals surface area (Å²) in [4.78, 5) is 0.507. The number of hydrogen-bond acceptors (Lipinski definition) is 2. The normalized spacial score (nSPS) is 21.0. The molecule has 0 spiro atoms. The second-order valence-electron chi connectivity index (χ2n) is 5.60. The van der Waals surface area contributed by atoms with Crippen molar-refractivity contribution in [3.8, 4) is 0 Å². The Kier molecular flexibility index (Phi) is 3.93. The summed E-state index contributed by atoms with van der Waals surface area (Å²) in [7, 11) is -3.15. The van der Waals surface area contributed by atoms with Crippen LogP contribution in [-0.2, 0) is 9.84 Å². The van der Waals surface area contributed by atoms with E-state index >= 15 is 0 Å². The van der Waals surface area contributed by atoms with E-state index in [0.717, 1.165) is 10.9 Å². The molecule has 0 aliphatic carbocycles. The van der Waals surface area contributed by atoms with Crippen molar-refractivity contribution in [2.45, 2.75) is 23.7 Å². The van der Waals surface area contributed by atoms with Crippen LogP contribution in [-0.4, -0.2) is 19.5 Å². The number of fused-ring (bicyclic) bond motifs is 1. The van der Waals surface area contributed by atoms with E-state index in [9.17, 15) is 8.42 Å². The van der Waals surface area contributed by atoms with Crippen molar-refractivity contribution in [1.82, 2.24) is 0 Å². The van der Waals surface area contributed by atoms with E-state index in [1.165, 1.54) is 11.1 Å². The van der Waals surface area contributed by atoms with Crippen LogP contribution in [0.25, 0.3) is 0 Å². The second-order valence-corrected chi connectivity index (χ2v) is 8.25. The van der Waals surface area contributed by atoms with Gasteiger partial charge in [-0.2, -0.15) is 0 Å². The number of benzene rings is 2. The maximum atomic E-state index is 12.4. The molecule has 1 aliphatic rings. The standard InChI is InChI=1S/C17H17BrO2S/c1-12-6-8-13(9-7-12)15(10-18)16-11-21(19,20)17-5-3-2-4-14(16)17/h2-9,15-16H,10-11H2,1H3. The highest BCUT2D eigenvalue weighted by Crippen LogP contribution is 2.44.